The van der Waals surface area contributed by atoms with E-state index >= 15 is 0 Å². The number of anilines is 1. The first-order valence-corrected chi connectivity index (χ1v) is 13.4. The van der Waals surface area contributed by atoms with E-state index in [1.54, 1.807) is 6.26 Å². The zero-order chi connectivity index (χ0) is 21.4. The Balaban J connectivity index is 1.44. The van der Waals surface area contributed by atoms with E-state index in [9.17, 15) is 4.55 Å². The summed E-state index contributed by atoms with van der Waals surface area (Å²) in [5.41, 5.74) is 2.48. The summed E-state index contributed by atoms with van der Waals surface area (Å²) in [5, 5.41) is 5.02. The number of nitrogens with one attached hydrogen (secondary N) is 1. The van der Waals surface area contributed by atoms with Gasteiger partial charge in [0.2, 0.25) is 5.13 Å². The van der Waals surface area contributed by atoms with Crippen molar-refractivity contribution in [3.63, 3.8) is 0 Å². The molecule has 0 bridgehead atoms. The third-order valence-corrected chi connectivity index (χ3v) is 8.72. The summed E-state index contributed by atoms with van der Waals surface area (Å²) in [5.74, 6) is 0.870. The molecule has 31 heavy (non-hydrogen) atoms. The van der Waals surface area contributed by atoms with Crippen LogP contribution < -0.4 is 9.46 Å². The lowest BCUT2D eigenvalue weighted by molar-refractivity contribution is 0.0629. The van der Waals surface area contributed by atoms with E-state index < -0.39 is 10.5 Å². The normalized spacial score (nSPS) is 24.6. The molecule has 3 atom stereocenters. The van der Waals surface area contributed by atoms with Gasteiger partial charge in [-0.25, -0.2) is 4.98 Å². The molecule has 0 aliphatic carbocycles. The first kappa shape index (κ1) is 20.7. The number of ether oxygens (including phenoxy) is 1. The molecule has 2 aromatic heterocycles. The summed E-state index contributed by atoms with van der Waals surface area (Å²) in [6.45, 7) is 1.75. The van der Waals surface area contributed by atoms with E-state index in [4.69, 9.17) is 4.74 Å². The number of benzene rings is 1. The molecule has 4 heterocycles. The highest BCUT2D eigenvalue weighted by atomic mass is 32.3. The van der Waals surface area contributed by atoms with Crippen molar-refractivity contribution >= 4 is 27.2 Å². The predicted octanol–water partition coefficient (Wildman–Crippen LogP) is 4.62. The minimum atomic E-state index is -2.26. The number of aromatic nitrogens is 4. The maximum atomic E-state index is 11.1. The van der Waals surface area contributed by atoms with Crippen LogP contribution in [0.2, 0.25) is 0 Å². The van der Waals surface area contributed by atoms with Crippen LogP contribution in [0.15, 0.2) is 41.7 Å². The average Bonchev–Trinajstić information content (AvgIpc) is 3.44. The van der Waals surface area contributed by atoms with E-state index in [-0.39, 0.29) is 0 Å². The van der Waals surface area contributed by atoms with Crippen molar-refractivity contribution in [2.45, 2.75) is 42.7 Å². The molecule has 3 aromatic rings. The zero-order valence-corrected chi connectivity index (χ0v) is 19.4. The number of fused-ring (bicyclic) bond motifs is 1. The Morgan fingerprint density at radius 1 is 1.23 bits per heavy atom. The Bertz CT molecular complexity index is 1040. The maximum absolute atomic E-state index is 11.1. The molecule has 2 unspecified atom stereocenters. The largest absolute Gasteiger partial charge is 0.493 e. The average molecular weight is 461 g/mol. The molecule has 2 N–H and O–H groups in total. The summed E-state index contributed by atoms with van der Waals surface area (Å²) < 4.78 is 26.3. The van der Waals surface area contributed by atoms with Gasteiger partial charge in [-0.05, 0) is 48.1 Å². The van der Waals surface area contributed by atoms with E-state index in [1.807, 2.05) is 30.1 Å². The zero-order valence-electron chi connectivity index (χ0n) is 17.8. The number of rotatable bonds is 5. The van der Waals surface area contributed by atoms with Crippen molar-refractivity contribution in [3.05, 3.63) is 48.0 Å². The van der Waals surface area contributed by atoms with Gasteiger partial charge in [0.15, 0.2) is 0 Å². The molecule has 0 saturated carbocycles. The Labute approximate surface area is 188 Å². The van der Waals surface area contributed by atoms with Gasteiger partial charge in [-0.2, -0.15) is 9.47 Å². The molecule has 0 spiro atoms. The molecule has 166 valence electrons. The molecular weight excluding hydrogens is 432 g/mol. The van der Waals surface area contributed by atoms with Crippen molar-refractivity contribution < 1.29 is 9.29 Å². The van der Waals surface area contributed by atoms with E-state index in [0.717, 1.165) is 30.0 Å². The standard InChI is InChI=1S/C21H28N6O2S2/c1-26-18(8-10-23-26)19-5-3-4-11-27(19)17-9-12-29-20-13-15(6-7-16(17)20)31(2,28)25-21-22-14-24-30-21/h6-8,10,13-14,17,19,28H,3-5,9,11-12H2,1-2H3,(H,22,24,25)/t17?,19-/m0/s1. The van der Waals surface area contributed by atoms with Gasteiger partial charge in [0.05, 0.1) is 18.3 Å². The SMILES string of the molecule is Cn1nccc1[C@@H]1CCCCN1C1CCOc2cc(S(C)(O)Nc3ncns3)ccc21. The van der Waals surface area contributed by atoms with Crippen molar-refractivity contribution in [3.8, 4) is 5.75 Å². The van der Waals surface area contributed by atoms with E-state index in [2.05, 4.69) is 36.2 Å². The van der Waals surface area contributed by atoms with Gasteiger partial charge >= 0.3 is 0 Å². The first-order chi connectivity index (χ1) is 15.0. The van der Waals surface area contributed by atoms with Gasteiger partial charge in [0, 0.05) is 54.0 Å². The molecule has 2 aliphatic rings. The molecule has 1 aromatic carbocycles. The second-order valence-corrected chi connectivity index (χ2v) is 11.4. The Morgan fingerprint density at radius 3 is 2.90 bits per heavy atom. The Kier molecular flexibility index (Phi) is 5.63. The van der Waals surface area contributed by atoms with Crippen LogP contribution in [0.25, 0.3) is 0 Å². The van der Waals surface area contributed by atoms with Crippen molar-refractivity contribution in [2.75, 3.05) is 24.1 Å². The number of nitrogens with zero attached hydrogens (tertiary/aromatic N) is 5. The molecule has 1 saturated heterocycles. The molecule has 0 radical (unpaired) electrons. The van der Waals surface area contributed by atoms with Crippen molar-refractivity contribution in [1.82, 2.24) is 24.0 Å². The summed E-state index contributed by atoms with van der Waals surface area (Å²) >= 11 is 1.24. The van der Waals surface area contributed by atoms with Gasteiger partial charge in [0.1, 0.15) is 12.1 Å². The number of piperidine rings is 1. The van der Waals surface area contributed by atoms with Gasteiger partial charge < -0.3 is 9.29 Å². The molecule has 5 rings (SSSR count). The second-order valence-electron chi connectivity index (χ2n) is 8.21. The lowest BCUT2D eigenvalue weighted by Crippen LogP contribution is -2.39. The van der Waals surface area contributed by atoms with E-state index in [1.165, 1.54) is 42.0 Å². The highest BCUT2D eigenvalue weighted by Crippen LogP contribution is 2.51. The third-order valence-electron chi connectivity index (χ3n) is 6.24. The van der Waals surface area contributed by atoms with Gasteiger partial charge in [0.25, 0.3) is 0 Å². The smallest absolute Gasteiger partial charge is 0.212 e. The monoisotopic (exact) mass is 460 g/mol. The third kappa shape index (κ3) is 4.05. The van der Waals surface area contributed by atoms with Crippen LogP contribution >= 0.6 is 22.0 Å². The fourth-order valence-electron chi connectivity index (χ4n) is 4.75. The lowest BCUT2D eigenvalue weighted by Gasteiger charge is -2.43. The van der Waals surface area contributed by atoms with Crippen LogP contribution in [-0.4, -0.2) is 48.0 Å². The van der Waals surface area contributed by atoms with E-state index in [0.29, 0.717) is 23.8 Å². The van der Waals surface area contributed by atoms with Crippen molar-refractivity contribution in [1.29, 1.82) is 0 Å². The fraction of sp³-hybridized carbons (Fsp3) is 0.476. The second kappa shape index (κ2) is 8.42. The van der Waals surface area contributed by atoms with Gasteiger partial charge in [-0.1, -0.05) is 12.5 Å². The van der Waals surface area contributed by atoms with Crippen LogP contribution in [0.3, 0.4) is 0 Å². The Hall–Kier alpha value is -2.14. The van der Waals surface area contributed by atoms with Crippen LogP contribution in [-0.2, 0) is 7.05 Å². The van der Waals surface area contributed by atoms with Crippen LogP contribution in [0.1, 0.15) is 49.0 Å². The van der Waals surface area contributed by atoms with Crippen LogP contribution in [0, 0.1) is 0 Å². The molecule has 8 nitrogen and oxygen atoms in total. The highest BCUT2D eigenvalue weighted by Gasteiger charge is 2.35. The fourth-order valence-corrected chi connectivity index (χ4v) is 6.85. The number of aryl methyl sites for hydroxylation is 1. The first-order valence-electron chi connectivity index (χ1n) is 10.6. The summed E-state index contributed by atoms with van der Waals surface area (Å²) in [7, 11) is -0.228. The van der Waals surface area contributed by atoms with Crippen LogP contribution in [0.5, 0.6) is 5.75 Å². The summed E-state index contributed by atoms with van der Waals surface area (Å²) in [6, 6.07) is 8.96. The van der Waals surface area contributed by atoms with Gasteiger partial charge in [-0.3, -0.25) is 14.3 Å². The minimum absolute atomic E-state index is 0.300. The maximum Gasteiger partial charge on any atom is 0.212 e. The topological polar surface area (TPSA) is 88.3 Å². The molecule has 0 amide bonds. The van der Waals surface area contributed by atoms with Crippen LogP contribution in [0.4, 0.5) is 5.13 Å². The minimum Gasteiger partial charge on any atom is -0.493 e. The van der Waals surface area contributed by atoms with Gasteiger partial charge in [-0.15, -0.1) is 0 Å². The number of likely N-dealkylation sites (tertiary alicyclic amines) is 1. The quantitative estimate of drug-likeness (QED) is 0.574. The molecule has 10 heteroatoms. The predicted molar refractivity (Wildman–Crippen MR) is 124 cm³/mol. The lowest BCUT2D eigenvalue weighted by atomic mass is 9.91. The summed E-state index contributed by atoms with van der Waals surface area (Å²) in [6.07, 6.45) is 9.75. The van der Waals surface area contributed by atoms with Crippen molar-refractivity contribution in [2.24, 2.45) is 7.05 Å². The number of hydrogen-bond donors (Lipinski definition) is 2. The molecule has 2 aliphatic heterocycles. The molecular formula is C21H28N6O2S2. The Morgan fingerprint density at radius 2 is 2.13 bits per heavy atom. The number of hydrogen-bond acceptors (Lipinski definition) is 8. The molecule has 1 fully saturated rings. The summed E-state index contributed by atoms with van der Waals surface area (Å²) in [4.78, 5) is 7.59. The highest BCUT2D eigenvalue weighted by molar-refractivity contribution is 8.29.